The molecule has 18 heavy (non-hydrogen) atoms. The molecule has 0 spiro atoms. The Kier molecular flexibility index (Phi) is 5.20. The molecular weight excluding hydrogens is 250 g/mol. The highest BCUT2D eigenvalue weighted by atomic mass is 35.5. The van der Waals surface area contributed by atoms with E-state index >= 15 is 0 Å². The van der Waals surface area contributed by atoms with Crippen LogP contribution in [0.4, 0.5) is 0 Å². The predicted octanol–water partition coefficient (Wildman–Crippen LogP) is 2.33. The van der Waals surface area contributed by atoms with Crippen LogP contribution in [0.3, 0.4) is 0 Å². The van der Waals surface area contributed by atoms with E-state index in [1.807, 2.05) is 18.7 Å². The Morgan fingerprint density at radius 3 is 2.50 bits per heavy atom. The van der Waals surface area contributed by atoms with Crippen molar-refractivity contribution in [1.82, 2.24) is 15.1 Å². The first-order chi connectivity index (χ1) is 8.33. The Morgan fingerprint density at radius 2 is 2.11 bits per heavy atom. The van der Waals surface area contributed by atoms with Crippen LogP contribution in [0.15, 0.2) is 0 Å². The molecule has 1 unspecified atom stereocenters. The minimum absolute atomic E-state index is 0.194. The first-order valence-electron chi connectivity index (χ1n) is 6.30. The minimum atomic E-state index is -0.252. The second-order valence-electron chi connectivity index (χ2n) is 5.09. The Bertz CT molecular complexity index is 401. The Hall–Kier alpha value is -0.580. The summed E-state index contributed by atoms with van der Waals surface area (Å²) in [6.07, 6.45) is 0.796. The molecule has 0 amide bonds. The van der Waals surface area contributed by atoms with Crippen molar-refractivity contribution >= 4 is 11.6 Å². The third-order valence-electron chi connectivity index (χ3n) is 3.47. The summed E-state index contributed by atoms with van der Waals surface area (Å²) < 4.78 is 7.43. The topological polar surface area (TPSA) is 39.1 Å². The maximum absolute atomic E-state index is 6.30. The third kappa shape index (κ3) is 3.25. The zero-order valence-electron chi connectivity index (χ0n) is 12.2. The minimum Gasteiger partial charge on any atom is -0.377 e. The van der Waals surface area contributed by atoms with Gasteiger partial charge in [-0.2, -0.15) is 5.10 Å². The van der Waals surface area contributed by atoms with E-state index in [4.69, 9.17) is 16.3 Å². The quantitative estimate of drug-likeness (QED) is 0.865. The smallest absolute Gasteiger partial charge is 0.0847 e. The van der Waals surface area contributed by atoms with Gasteiger partial charge in [0.25, 0.3) is 0 Å². The summed E-state index contributed by atoms with van der Waals surface area (Å²) in [4.78, 5) is 0. The maximum Gasteiger partial charge on any atom is 0.0847 e. The molecule has 0 aliphatic heterocycles. The molecule has 1 aromatic heterocycles. The Balaban J connectivity index is 2.97. The van der Waals surface area contributed by atoms with Gasteiger partial charge < -0.3 is 10.1 Å². The van der Waals surface area contributed by atoms with Gasteiger partial charge in [0.1, 0.15) is 0 Å². The average molecular weight is 274 g/mol. The lowest BCUT2D eigenvalue weighted by molar-refractivity contribution is -0.0100. The number of halogens is 1. The summed E-state index contributed by atoms with van der Waals surface area (Å²) in [6, 6.07) is 0.194. The van der Waals surface area contributed by atoms with Gasteiger partial charge in [-0.05, 0) is 27.3 Å². The largest absolute Gasteiger partial charge is 0.377 e. The number of hydrogen-bond acceptors (Lipinski definition) is 3. The van der Waals surface area contributed by atoms with Crippen LogP contribution < -0.4 is 5.32 Å². The Labute approximate surface area is 115 Å². The molecule has 0 fully saturated rings. The van der Waals surface area contributed by atoms with Crippen LogP contribution in [-0.4, -0.2) is 35.1 Å². The van der Waals surface area contributed by atoms with Crippen molar-refractivity contribution < 1.29 is 4.74 Å². The fraction of sp³-hybridized carbons (Fsp3) is 0.769. The standard InChI is InChI=1S/C13H24ClN3O/c1-7-15-11(13(3,4)18-6)8-10-12(14)9(2)16-17(10)5/h11,15H,7-8H2,1-6H3. The lowest BCUT2D eigenvalue weighted by atomic mass is 9.94. The van der Waals surface area contributed by atoms with Crippen LogP contribution in [0, 0.1) is 6.92 Å². The van der Waals surface area contributed by atoms with Crippen LogP contribution in [0.25, 0.3) is 0 Å². The van der Waals surface area contributed by atoms with Crippen molar-refractivity contribution in [2.45, 2.75) is 45.8 Å². The highest BCUT2D eigenvalue weighted by Gasteiger charge is 2.30. The SMILES string of the molecule is CCNC(Cc1c(Cl)c(C)nn1C)C(C)(C)OC. The molecule has 1 atom stereocenters. The molecule has 0 aliphatic rings. The molecule has 4 nitrogen and oxygen atoms in total. The number of rotatable bonds is 6. The van der Waals surface area contributed by atoms with E-state index in [2.05, 4.69) is 31.2 Å². The van der Waals surface area contributed by atoms with Gasteiger partial charge >= 0.3 is 0 Å². The fourth-order valence-electron chi connectivity index (χ4n) is 2.05. The summed E-state index contributed by atoms with van der Waals surface area (Å²) in [5.41, 5.74) is 1.67. The first kappa shape index (κ1) is 15.5. The predicted molar refractivity (Wildman–Crippen MR) is 75.2 cm³/mol. The van der Waals surface area contributed by atoms with Crippen molar-refractivity contribution in [2.75, 3.05) is 13.7 Å². The van der Waals surface area contributed by atoms with E-state index in [0.29, 0.717) is 0 Å². The van der Waals surface area contributed by atoms with Crippen molar-refractivity contribution in [1.29, 1.82) is 0 Å². The number of likely N-dealkylation sites (N-methyl/N-ethyl adjacent to an activating group) is 1. The molecular formula is C13H24ClN3O. The van der Waals surface area contributed by atoms with Gasteiger partial charge in [0.2, 0.25) is 0 Å². The van der Waals surface area contributed by atoms with E-state index < -0.39 is 0 Å². The summed E-state index contributed by atoms with van der Waals surface area (Å²) >= 11 is 6.30. The van der Waals surface area contributed by atoms with E-state index in [1.165, 1.54) is 0 Å². The zero-order chi connectivity index (χ0) is 13.9. The molecule has 104 valence electrons. The van der Waals surface area contributed by atoms with E-state index in [-0.39, 0.29) is 11.6 Å². The van der Waals surface area contributed by atoms with Crippen LogP contribution in [0.2, 0.25) is 5.02 Å². The lowest BCUT2D eigenvalue weighted by Gasteiger charge is -2.33. The highest BCUT2D eigenvalue weighted by Crippen LogP contribution is 2.24. The van der Waals surface area contributed by atoms with Crippen molar-refractivity contribution in [3.05, 3.63) is 16.4 Å². The maximum atomic E-state index is 6.30. The number of ether oxygens (including phenoxy) is 1. The van der Waals surface area contributed by atoms with Crippen molar-refractivity contribution in [3.8, 4) is 0 Å². The van der Waals surface area contributed by atoms with Crippen molar-refractivity contribution in [3.63, 3.8) is 0 Å². The molecule has 5 heteroatoms. The van der Waals surface area contributed by atoms with Gasteiger partial charge in [-0.15, -0.1) is 0 Å². The summed E-state index contributed by atoms with van der Waals surface area (Å²) in [7, 11) is 3.66. The van der Waals surface area contributed by atoms with Gasteiger partial charge in [-0.3, -0.25) is 4.68 Å². The highest BCUT2D eigenvalue weighted by molar-refractivity contribution is 6.31. The molecule has 0 bridgehead atoms. The average Bonchev–Trinajstić information content (AvgIpc) is 2.55. The Morgan fingerprint density at radius 1 is 1.50 bits per heavy atom. The van der Waals surface area contributed by atoms with E-state index in [9.17, 15) is 0 Å². The zero-order valence-corrected chi connectivity index (χ0v) is 12.9. The molecule has 0 aliphatic carbocycles. The number of hydrogen-bond donors (Lipinski definition) is 1. The van der Waals surface area contributed by atoms with E-state index in [0.717, 1.165) is 29.4 Å². The number of nitrogens with one attached hydrogen (secondary N) is 1. The van der Waals surface area contributed by atoms with Crippen LogP contribution in [0.1, 0.15) is 32.2 Å². The molecule has 0 saturated heterocycles. The normalized spacial score (nSPS) is 13.9. The summed E-state index contributed by atoms with van der Waals surface area (Å²) in [5.74, 6) is 0. The molecule has 0 radical (unpaired) electrons. The molecule has 0 saturated carbocycles. The number of aryl methyl sites for hydroxylation is 2. The second-order valence-corrected chi connectivity index (χ2v) is 5.47. The second kappa shape index (κ2) is 6.04. The van der Waals surface area contributed by atoms with Gasteiger partial charge in [0.05, 0.1) is 22.0 Å². The molecule has 1 aromatic rings. The molecule has 1 heterocycles. The molecule has 0 aromatic carbocycles. The first-order valence-corrected chi connectivity index (χ1v) is 6.67. The fourth-order valence-corrected chi connectivity index (χ4v) is 2.28. The van der Waals surface area contributed by atoms with Crippen LogP contribution in [0.5, 0.6) is 0 Å². The lowest BCUT2D eigenvalue weighted by Crippen LogP contribution is -2.49. The number of methoxy groups -OCH3 is 1. The van der Waals surface area contributed by atoms with Gasteiger partial charge in [-0.1, -0.05) is 18.5 Å². The number of aromatic nitrogens is 2. The van der Waals surface area contributed by atoms with E-state index in [1.54, 1.807) is 7.11 Å². The van der Waals surface area contributed by atoms with Crippen LogP contribution >= 0.6 is 11.6 Å². The van der Waals surface area contributed by atoms with Gasteiger partial charge in [0, 0.05) is 26.6 Å². The molecule has 1 rings (SSSR count). The third-order valence-corrected chi connectivity index (χ3v) is 3.97. The van der Waals surface area contributed by atoms with Gasteiger partial charge in [0.15, 0.2) is 0 Å². The molecule has 1 N–H and O–H groups in total. The summed E-state index contributed by atoms with van der Waals surface area (Å²) in [5, 5.41) is 8.57. The summed E-state index contributed by atoms with van der Waals surface area (Å²) in [6.45, 7) is 9.07. The number of nitrogens with zero attached hydrogens (tertiary/aromatic N) is 2. The monoisotopic (exact) mass is 273 g/mol. The van der Waals surface area contributed by atoms with Crippen molar-refractivity contribution in [2.24, 2.45) is 7.05 Å². The van der Waals surface area contributed by atoms with Crippen LogP contribution in [-0.2, 0) is 18.2 Å². The van der Waals surface area contributed by atoms with Gasteiger partial charge in [-0.25, -0.2) is 0 Å².